The van der Waals surface area contributed by atoms with Crippen molar-refractivity contribution in [3.05, 3.63) is 71.8 Å². The van der Waals surface area contributed by atoms with Crippen LogP contribution >= 0.6 is 11.8 Å². The summed E-state index contributed by atoms with van der Waals surface area (Å²) in [4.78, 5) is 27.1. The van der Waals surface area contributed by atoms with E-state index in [1.165, 1.54) is 18.7 Å². The van der Waals surface area contributed by atoms with Crippen molar-refractivity contribution >= 4 is 23.5 Å². The van der Waals surface area contributed by atoms with Crippen LogP contribution in [0.25, 0.3) is 0 Å². The lowest BCUT2D eigenvalue weighted by molar-refractivity contribution is -0.149. The highest BCUT2D eigenvalue weighted by molar-refractivity contribution is 7.99. The zero-order chi connectivity index (χ0) is 21.2. The number of thioether (sulfide) groups is 1. The van der Waals surface area contributed by atoms with Crippen LogP contribution in [0, 0.1) is 5.92 Å². The van der Waals surface area contributed by atoms with Gasteiger partial charge in [-0.1, -0.05) is 74.5 Å². The molecule has 0 N–H and O–H groups in total. The predicted octanol–water partition coefficient (Wildman–Crippen LogP) is 4.92. The first-order chi connectivity index (χ1) is 13.9. The molecule has 5 heteroatoms. The van der Waals surface area contributed by atoms with Gasteiger partial charge in [0.15, 0.2) is 0 Å². The minimum Gasteiger partial charge on any atom is -0.443 e. The Morgan fingerprint density at radius 2 is 1.41 bits per heavy atom. The van der Waals surface area contributed by atoms with E-state index >= 15 is 0 Å². The molecule has 0 aliphatic rings. The molecule has 2 rings (SSSR count). The number of carbonyl (C=O) groups excluding carboxylic acids is 2. The SMILES string of the molecule is CSC(OC(C)=O)C(=O)[C@H](CC(C)C)N(Cc1ccccc1)Cc1ccccc1. The Morgan fingerprint density at radius 3 is 1.79 bits per heavy atom. The molecule has 0 fully saturated rings. The van der Waals surface area contributed by atoms with E-state index in [2.05, 4.69) is 43.0 Å². The van der Waals surface area contributed by atoms with Crippen molar-refractivity contribution in [2.75, 3.05) is 6.26 Å². The molecule has 0 aliphatic heterocycles. The molecular formula is C24H31NO3S. The second kappa shape index (κ2) is 11.8. The summed E-state index contributed by atoms with van der Waals surface area (Å²) in [5, 5.41) is 0. The van der Waals surface area contributed by atoms with Crippen molar-refractivity contribution in [3.63, 3.8) is 0 Å². The van der Waals surface area contributed by atoms with Gasteiger partial charge in [-0.15, -0.1) is 11.8 Å². The van der Waals surface area contributed by atoms with Gasteiger partial charge in [-0.25, -0.2) is 0 Å². The molecule has 0 bridgehead atoms. The number of ketones is 1. The van der Waals surface area contributed by atoms with E-state index in [4.69, 9.17) is 4.74 Å². The highest BCUT2D eigenvalue weighted by Gasteiger charge is 2.33. The second-order valence-electron chi connectivity index (χ2n) is 7.60. The maximum atomic E-state index is 13.4. The largest absolute Gasteiger partial charge is 0.443 e. The van der Waals surface area contributed by atoms with Crippen molar-refractivity contribution in [2.45, 2.75) is 51.8 Å². The van der Waals surface area contributed by atoms with Crippen molar-refractivity contribution in [2.24, 2.45) is 5.92 Å². The Hall–Kier alpha value is -2.11. The van der Waals surface area contributed by atoms with Crippen LogP contribution in [0.2, 0.25) is 0 Å². The fourth-order valence-corrected chi connectivity index (χ4v) is 3.96. The molecule has 2 atom stereocenters. The number of esters is 1. The molecule has 0 aromatic heterocycles. The van der Waals surface area contributed by atoms with Crippen LogP contribution in [0.3, 0.4) is 0 Å². The third-order valence-electron chi connectivity index (χ3n) is 4.64. The molecule has 2 aromatic rings. The van der Waals surface area contributed by atoms with Crippen LogP contribution in [-0.2, 0) is 27.4 Å². The molecule has 0 amide bonds. The molecule has 0 saturated heterocycles. The fourth-order valence-electron chi connectivity index (χ4n) is 3.33. The van der Waals surface area contributed by atoms with Crippen LogP contribution in [0.1, 0.15) is 38.3 Å². The third-order valence-corrected chi connectivity index (χ3v) is 5.40. The maximum Gasteiger partial charge on any atom is 0.304 e. The van der Waals surface area contributed by atoms with Gasteiger partial charge < -0.3 is 4.74 Å². The number of carbonyl (C=O) groups is 2. The first kappa shape index (κ1) is 23.2. The molecule has 0 aliphatic carbocycles. The van der Waals surface area contributed by atoms with Gasteiger partial charge in [0.2, 0.25) is 11.2 Å². The first-order valence-electron chi connectivity index (χ1n) is 9.96. The molecule has 4 nitrogen and oxygen atoms in total. The first-order valence-corrected chi connectivity index (χ1v) is 11.2. The fraction of sp³-hybridized carbons (Fsp3) is 0.417. The maximum absolute atomic E-state index is 13.4. The Balaban J connectivity index is 2.36. The van der Waals surface area contributed by atoms with Crippen LogP contribution in [0.15, 0.2) is 60.7 Å². The number of rotatable bonds is 11. The van der Waals surface area contributed by atoms with Gasteiger partial charge >= 0.3 is 5.97 Å². The molecule has 0 radical (unpaired) electrons. The average Bonchev–Trinajstić information content (AvgIpc) is 2.70. The zero-order valence-corrected chi connectivity index (χ0v) is 18.5. The molecule has 0 spiro atoms. The highest BCUT2D eigenvalue weighted by atomic mass is 32.2. The van der Waals surface area contributed by atoms with Gasteiger partial charge in [0.1, 0.15) is 0 Å². The number of ether oxygens (including phenoxy) is 1. The van der Waals surface area contributed by atoms with Gasteiger partial charge in [0, 0.05) is 20.0 Å². The number of hydrogen-bond acceptors (Lipinski definition) is 5. The summed E-state index contributed by atoms with van der Waals surface area (Å²) in [6, 6.07) is 20.0. The Morgan fingerprint density at radius 1 is 0.931 bits per heavy atom. The summed E-state index contributed by atoms with van der Waals surface area (Å²) in [7, 11) is 0. The van der Waals surface area contributed by atoms with Crippen molar-refractivity contribution in [1.29, 1.82) is 0 Å². The molecule has 29 heavy (non-hydrogen) atoms. The lowest BCUT2D eigenvalue weighted by atomic mass is 9.97. The third kappa shape index (κ3) is 7.67. The summed E-state index contributed by atoms with van der Waals surface area (Å²) in [6.45, 7) is 6.88. The van der Waals surface area contributed by atoms with E-state index in [-0.39, 0.29) is 11.8 Å². The van der Waals surface area contributed by atoms with Gasteiger partial charge in [-0.3, -0.25) is 14.5 Å². The van der Waals surface area contributed by atoms with Gasteiger partial charge in [0.05, 0.1) is 6.04 Å². The summed E-state index contributed by atoms with van der Waals surface area (Å²) in [5.74, 6) is -0.148. The average molecular weight is 414 g/mol. The zero-order valence-electron chi connectivity index (χ0n) is 17.7. The molecular weight excluding hydrogens is 382 g/mol. The number of hydrogen-bond donors (Lipinski definition) is 0. The molecule has 0 heterocycles. The van der Waals surface area contributed by atoms with E-state index < -0.39 is 11.4 Å². The normalized spacial score (nSPS) is 13.3. The van der Waals surface area contributed by atoms with E-state index in [9.17, 15) is 9.59 Å². The lowest BCUT2D eigenvalue weighted by Crippen LogP contribution is -2.46. The van der Waals surface area contributed by atoms with Gasteiger partial charge in [-0.2, -0.15) is 0 Å². The van der Waals surface area contributed by atoms with Crippen LogP contribution in [-0.4, -0.2) is 34.4 Å². The minimum absolute atomic E-state index is 0.0479. The van der Waals surface area contributed by atoms with Crippen molar-refractivity contribution < 1.29 is 14.3 Å². The Kier molecular flexibility index (Phi) is 9.42. The topological polar surface area (TPSA) is 46.6 Å². The number of nitrogens with zero attached hydrogens (tertiary/aromatic N) is 1. The molecule has 156 valence electrons. The van der Waals surface area contributed by atoms with Crippen LogP contribution in [0.5, 0.6) is 0 Å². The standard InChI is InChI=1S/C24H31NO3S/c1-18(2)15-22(23(27)24(29-4)28-19(3)26)25(16-20-11-7-5-8-12-20)17-21-13-9-6-10-14-21/h5-14,18,22,24H,15-17H2,1-4H3/t22-,24?/m0/s1. The van der Waals surface area contributed by atoms with Crippen LogP contribution < -0.4 is 0 Å². The number of Topliss-reactive ketones (excluding diaryl/α,β-unsaturated/α-hetero) is 1. The van der Waals surface area contributed by atoms with E-state index in [0.717, 1.165) is 11.1 Å². The summed E-state index contributed by atoms with van der Waals surface area (Å²) < 4.78 is 5.32. The molecule has 1 unspecified atom stereocenters. The minimum atomic E-state index is -0.787. The quantitative estimate of drug-likeness (QED) is 0.386. The van der Waals surface area contributed by atoms with Gasteiger partial charge in [0.25, 0.3) is 0 Å². The van der Waals surface area contributed by atoms with Gasteiger partial charge in [-0.05, 0) is 29.7 Å². The second-order valence-corrected chi connectivity index (χ2v) is 8.50. The summed E-state index contributed by atoms with van der Waals surface area (Å²) in [6.07, 6.45) is 2.51. The van der Waals surface area contributed by atoms with Crippen molar-refractivity contribution in [1.82, 2.24) is 4.90 Å². The summed E-state index contributed by atoms with van der Waals surface area (Å²) in [5.41, 5.74) is 1.52. The molecule has 0 saturated carbocycles. The van der Waals surface area contributed by atoms with E-state index in [1.807, 2.05) is 36.4 Å². The lowest BCUT2D eigenvalue weighted by Gasteiger charge is -2.33. The van der Waals surface area contributed by atoms with E-state index in [0.29, 0.717) is 25.4 Å². The van der Waals surface area contributed by atoms with E-state index in [1.54, 1.807) is 6.26 Å². The van der Waals surface area contributed by atoms with Crippen LogP contribution in [0.4, 0.5) is 0 Å². The number of benzene rings is 2. The van der Waals surface area contributed by atoms with Crippen molar-refractivity contribution in [3.8, 4) is 0 Å². The molecule has 2 aromatic carbocycles. The predicted molar refractivity (Wildman–Crippen MR) is 119 cm³/mol. The Bertz CT molecular complexity index is 723. The smallest absolute Gasteiger partial charge is 0.304 e. The highest BCUT2D eigenvalue weighted by Crippen LogP contribution is 2.24. The summed E-state index contributed by atoms with van der Waals surface area (Å²) >= 11 is 1.27. The Labute approximate surface area is 178 Å². The monoisotopic (exact) mass is 413 g/mol.